The van der Waals surface area contributed by atoms with Crippen molar-refractivity contribution in [3.05, 3.63) is 45.3 Å². The fourth-order valence-corrected chi connectivity index (χ4v) is 1.67. The van der Waals surface area contributed by atoms with Gasteiger partial charge in [0.25, 0.3) is 0 Å². The number of hydrogen-bond acceptors (Lipinski definition) is 2. The molecule has 0 unspecified atom stereocenters. The molecule has 2 heteroatoms. The number of hydrogen-bond donors (Lipinski definition) is 0. The highest BCUT2D eigenvalue weighted by molar-refractivity contribution is 5.82. The molecule has 0 atom stereocenters. The summed E-state index contributed by atoms with van der Waals surface area (Å²) in [6.07, 6.45) is 0. The molecule has 1 heterocycles. The van der Waals surface area contributed by atoms with E-state index in [1.165, 1.54) is 6.07 Å². The molecule has 1 aromatic heterocycles. The summed E-state index contributed by atoms with van der Waals surface area (Å²) in [7, 11) is 0. The second kappa shape index (κ2) is 2.98. The van der Waals surface area contributed by atoms with Crippen molar-refractivity contribution in [3.63, 3.8) is 0 Å². The van der Waals surface area contributed by atoms with E-state index >= 15 is 0 Å². The van der Waals surface area contributed by atoms with Crippen LogP contribution in [0.5, 0.6) is 0 Å². The molecule has 0 aliphatic rings. The third-order valence-corrected chi connectivity index (χ3v) is 2.41. The molecular formula is C12H12O2. The Balaban J connectivity index is 3.08. The minimum atomic E-state index is 0.0463. The summed E-state index contributed by atoms with van der Waals surface area (Å²) >= 11 is 0. The molecule has 0 radical (unpaired) electrons. The first-order chi connectivity index (χ1) is 6.59. The molecular weight excluding hydrogens is 176 g/mol. The van der Waals surface area contributed by atoms with Gasteiger partial charge in [0, 0.05) is 6.07 Å². The topological polar surface area (TPSA) is 30.2 Å². The van der Waals surface area contributed by atoms with Crippen LogP contribution in [0.15, 0.2) is 27.4 Å². The van der Waals surface area contributed by atoms with Crippen molar-refractivity contribution >= 4 is 11.0 Å². The fraction of sp³-hybridized carbons (Fsp3) is 0.250. The van der Waals surface area contributed by atoms with Crippen molar-refractivity contribution in [3.8, 4) is 0 Å². The van der Waals surface area contributed by atoms with Crippen molar-refractivity contribution in [2.45, 2.75) is 20.8 Å². The molecule has 1 aromatic carbocycles. The lowest BCUT2D eigenvalue weighted by atomic mass is 10.1. The lowest BCUT2D eigenvalue weighted by molar-refractivity contribution is 0.562. The molecule has 2 rings (SSSR count). The summed E-state index contributed by atoms with van der Waals surface area (Å²) in [6.45, 7) is 5.67. The van der Waals surface area contributed by atoms with Gasteiger partial charge < -0.3 is 4.42 Å². The van der Waals surface area contributed by atoms with Crippen molar-refractivity contribution < 1.29 is 4.42 Å². The van der Waals surface area contributed by atoms with E-state index < -0.39 is 0 Å². The Morgan fingerprint density at radius 3 is 2.43 bits per heavy atom. The second-order valence-corrected chi connectivity index (χ2v) is 3.62. The third-order valence-electron chi connectivity index (χ3n) is 2.41. The molecule has 14 heavy (non-hydrogen) atoms. The Labute approximate surface area is 82.2 Å². The van der Waals surface area contributed by atoms with Crippen molar-refractivity contribution in [1.82, 2.24) is 0 Å². The normalized spacial score (nSPS) is 10.8. The molecule has 0 amide bonds. The minimum absolute atomic E-state index is 0.0463. The minimum Gasteiger partial charge on any atom is -0.461 e. The van der Waals surface area contributed by atoms with Gasteiger partial charge in [0.15, 0.2) is 5.43 Å². The lowest BCUT2D eigenvalue weighted by Gasteiger charge is -2.04. The smallest absolute Gasteiger partial charge is 0.193 e. The molecule has 0 fully saturated rings. The largest absolute Gasteiger partial charge is 0.461 e. The predicted molar refractivity (Wildman–Crippen MR) is 56.7 cm³/mol. The number of rotatable bonds is 0. The number of fused-ring (bicyclic) bond motifs is 1. The monoisotopic (exact) mass is 188 g/mol. The average molecular weight is 188 g/mol. The first kappa shape index (κ1) is 9.00. The van der Waals surface area contributed by atoms with Gasteiger partial charge in [0.05, 0.1) is 5.39 Å². The molecule has 0 saturated carbocycles. The van der Waals surface area contributed by atoms with Crippen molar-refractivity contribution in [1.29, 1.82) is 0 Å². The van der Waals surface area contributed by atoms with E-state index in [2.05, 4.69) is 0 Å². The first-order valence-electron chi connectivity index (χ1n) is 4.60. The van der Waals surface area contributed by atoms with Crippen molar-refractivity contribution in [2.75, 3.05) is 0 Å². The summed E-state index contributed by atoms with van der Waals surface area (Å²) in [5.74, 6) is 0.663. The van der Waals surface area contributed by atoms with Gasteiger partial charge in [-0.25, -0.2) is 0 Å². The van der Waals surface area contributed by atoms with Crippen LogP contribution in [0.2, 0.25) is 0 Å². The highest BCUT2D eigenvalue weighted by Gasteiger charge is 2.07. The molecule has 0 aliphatic heterocycles. The predicted octanol–water partition coefficient (Wildman–Crippen LogP) is 2.72. The molecule has 72 valence electrons. The summed E-state index contributed by atoms with van der Waals surface area (Å²) in [5.41, 5.74) is 2.74. The Hall–Kier alpha value is -1.57. The van der Waals surface area contributed by atoms with E-state index in [-0.39, 0.29) is 5.43 Å². The van der Waals surface area contributed by atoms with E-state index in [9.17, 15) is 4.79 Å². The zero-order valence-corrected chi connectivity index (χ0v) is 8.55. The maximum Gasteiger partial charge on any atom is 0.193 e. The van der Waals surface area contributed by atoms with Crippen LogP contribution < -0.4 is 5.43 Å². The van der Waals surface area contributed by atoms with E-state index in [0.717, 1.165) is 16.7 Å². The van der Waals surface area contributed by atoms with Crippen LogP contribution in [-0.2, 0) is 0 Å². The van der Waals surface area contributed by atoms with Crippen molar-refractivity contribution in [2.24, 2.45) is 0 Å². The Kier molecular flexibility index (Phi) is 1.92. The van der Waals surface area contributed by atoms with Gasteiger partial charge in [-0.2, -0.15) is 0 Å². The zero-order chi connectivity index (χ0) is 10.3. The number of benzene rings is 1. The van der Waals surface area contributed by atoms with Gasteiger partial charge in [0.1, 0.15) is 11.3 Å². The summed E-state index contributed by atoms with van der Waals surface area (Å²) in [6, 6.07) is 5.46. The molecule has 0 spiro atoms. The Bertz CT molecular complexity index is 550. The molecule has 2 aromatic rings. The third kappa shape index (κ3) is 1.23. The molecule has 2 nitrogen and oxygen atoms in total. The standard InChI is InChI=1S/C12H12O2/c1-7-4-5-8(2)12-11(7)10(13)6-9(3)14-12/h4-6H,1-3H3. The number of aryl methyl sites for hydroxylation is 3. The summed E-state index contributed by atoms with van der Waals surface area (Å²) < 4.78 is 5.55. The second-order valence-electron chi connectivity index (χ2n) is 3.62. The maximum atomic E-state index is 11.7. The molecule has 0 bridgehead atoms. The van der Waals surface area contributed by atoms with E-state index in [1.54, 1.807) is 6.92 Å². The summed E-state index contributed by atoms with van der Waals surface area (Å²) in [4.78, 5) is 11.7. The SMILES string of the molecule is Cc1cc(=O)c2c(C)ccc(C)c2o1. The molecule has 0 saturated heterocycles. The average Bonchev–Trinajstić information content (AvgIpc) is 2.10. The zero-order valence-electron chi connectivity index (χ0n) is 8.55. The van der Waals surface area contributed by atoms with Crippen LogP contribution in [0.1, 0.15) is 16.9 Å². The van der Waals surface area contributed by atoms with Gasteiger partial charge >= 0.3 is 0 Å². The van der Waals surface area contributed by atoms with E-state index in [1.807, 2.05) is 26.0 Å². The van der Waals surface area contributed by atoms with Gasteiger partial charge in [-0.05, 0) is 31.9 Å². The van der Waals surface area contributed by atoms with Crippen LogP contribution in [0.25, 0.3) is 11.0 Å². The van der Waals surface area contributed by atoms with Gasteiger partial charge in [-0.15, -0.1) is 0 Å². The van der Waals surface area contributed by atoms with Gasteiger partial charge in [0.2, 0.25) is 0 Å². The maximum absolute atomic E-state index is 11.7. The lowest BCUT2D eigenvalue weighted by Crippen LogP contribution is -2.03. The van der Waals surface area contributed by atoms with E-state index in [4.69, 9.17) is 4.42 Å². The Morgan fingerprint density at radius 1 is 1.07 bits per heavy atom. The Morgan fingerprint density at radius 2 is 1.71 bits per heavy atom. The molecule has 0 aliphatic carbocycles. The van der Waals surface area contributed by atoms with Crippen LogP contribution >= 0.6 is 0 Å². The fourth-order valence-electron chi connectivity index (χ4n) is 1.67. The molecule has 0 N–H and O–H groups in total. The quantitative estimate of drug-likeness (QED) is 0.636. The highest BCUT2D eigenvalue weighted by atomic mass is 16.3. The van der Waals surface area contributed by atoms with Crippen LogP contribution in [-0.4, -0.2) is 0 Å². The van der Waals surface area contributed by atoms with Crippen LogP contribution in [0, 0.1) is 20.8 Å². The van der Waals surface area contributed by atoms with Crippen LogP contribution in [0.3, 0.4) is 0 Å². The van der Waals surface area contributed by atoms with Gasteiger partial charge in [-0.3, -0.25) is 4.79 Å². The van der Waals surface area contributed by atoms with E-state index in [0.29, 0.717) is 11.1 Å². The van der Waals surface area contributed by atoms with Gasteiger partial charge in [-0.1, -0.05) is 12.1 Å². The highest BCUT2D eigenvalue weighted by Crippen LogP contribution is 2.19. The van der Waals surface area contributed by atoms with Crippen LogP contribution in [0.4, 0.5) is 0 Å². The summed E-state index contributed by atoms with van der Waals surface area (Å²) in [5, 5.41) is 0.704. The first-order valence-corrected chi connectivity index (χ1v) is 4.60.